The molecule has 1 aromatic carbocycles. The predicted octanol–water partition coefficient (Wildman–Crippen LogP) is 1.16. The number of carbonyl (C=O) groups is 2. The van der Waals surface area contributed by atoms with Crippen LogP contribution in [-0.2, 0) is 4.79 Å². The first-order chi connectivity index (χ1) is 8.98. The molecular weight excluding hydrogens is 242 g/mol. The first-order valence-electron chi connectivity index (χ1n) is 6.40. The SMILES string of the molecule is Cc1cc(C(N)=O)ccc1NC(=O)C1(CN)CCC1. The Balaban J connectivity index is 2.15. The van der Waals surface area contributed by atoms with Crippen LogP contribution in [0.3, 0.4) is 0 Å². The van der Waals surface area contributed by atoms with E-state index < -0.39 is 11.3 Å². The Kier molecular flexibility index (Phi) is 3.57. The molecule has 5 nitrogen and oxygen atoms in total. The molecule has 0 spiro atoms. The van der Waals surface area contributed by atoms with Gasteiger partial charge < -0.3 is 16.8 Å². The highest BCUT2D eigenvalue weighted by molar-refractivity contribution is 5.98. The molecule has 0 atom stereocenters. The van der Waals surface area contributed by atoms with Crippen LogP contribution in [-0.4, -0.2) is 18.4 Å². The zero-order valence-electron chi connectivity index (χ0n) is 11.0. The quantitative estimate of drug-likeness (QED) is 0.758. The number of rotatable bonds is 4. The zero-order chi connectivity index (χ0) is 14.0. The molecule has 1 fully saturated rings. The van der Waals surface area contributed by atoms with E-state index in [0.717, 1.165) is 24.8 Å². The number of carbonyl (C=O) groups excluding carboxylic acids is 2. The molecule has 1 aliphatic rings. The van der Waals surface area contributed by atoms with Gasteiger partial charge in [-0.3, -0.25) is 9.59 Å². The predicted molar refractivity (Wildman–Crippen MR) is 73.7 cm³/mol. The molecule has 0 aliphatic heterocycles. The average molecular weight is 261 g/mol. The molecular formula is C14H19N3O2. The van der Waals surface area contributed by atoms with E-state index in [9.17, 15) is 9.59 Å². The smallest absolute Gasteiger partial charge is 0.248 e. The largest absolute Gasteiger partial charge is 0.366 e. The molecule has 0 radical (unpaired) electrons. The Morgan fingerprint density at radius 3 is 2.47 bits per heavy atom. The van der Waals surface area contributed by atoms with Crippen molar-refractivity contribution in [1.82, 2.24) is 0 Å². The maximum atomic E-state index is 12.2. The molecule has 19 heavy (non-hydrogen) atoms. The van der Waals surface area contributed by atoms with Crippen molar-refractivity contribution < 1.29 is 9.59 Å². The van der Waals surface area contributed by atoms with Crippen LogP contribution in [0.2, 0.25) is 0 Å². The van der Waals surface area contributed by atoms with E-state index in [4.69, 9.17) is 11.5 Å². The van der Waals surface area contributed by atoms with Crippen LogP contribution in [0.1, 0.15) is 35.2 Å². The van der Waals surface area contributed by atoms with Gasteiger partial charge in [0.1, 0.15) is 0 Å². The van der Waals surface area contributed by atoms with Crippen LogP contribution in [0.5, 0.6) is 0 Å². The number of nitrogens with one attached hydrogen (secondary N) is 1. The Morgan fingerprint density at radius 1 is 1.37 bits per heavy atom. The van der Waals surface area contributed by atoms with Crippen LogP contribution >= 0.6 is 0 Å². The zero-order valence-corrected chi connectivity index (χ0v) is 11.0. The average Bonchev–Trinajstić information content (AvgIpc) is 2.30. The molecule has 0 unspecified atom stereocenters. The summed E-state index contributed by atoms with van der Waals surface area (Å²) in [6.07, 6.45) is 2.73. The highest BCUT2D eigenvalue weighted by Crippen LogP contribution is 2.41. The van der Waals surface area contributed by atoms with Crippen molar-refractivity contribution in [3.63, 3.8) is 0 Å². The number of aryl methyl sites for hydroxylation is 1. The highest BCUT2D eigenvalue weighted by Gasteiger charge is 2.42. The second kappa shape index (κ2) is 5.01. The minimum absolute atomic E-state index is 0.0313. The Hall–Kier alpha value is -1.88. The number of amides is 2. The van der Waals surface area contributed by atoms with Crippen LogP contribution in [0.25, 0.3) is 0 Å². The van der Waals surface area contributed by atoms with Crippen molar-refractivity contribution in [3.8, 4) is 0 Å². The summed E-state index contributed by atoms with van der Waals surface area (Å²) in [6.45, 7) is 2.20. The second-order valence-corrected chi connectivity index (χ2v) is 5.19. The molecule has 102 valence electrons. The summed E-state index contributed by atoms with van der Waals surface area (Å²) in [7, 11) is 0. The molecule has 0 heterocycles. The van der Waals surface area contributed by atoms with E-state index in [1.165, 1.54) is 0 Å². The summed E-state index contributed by atoms with van der Waals surface area (Å²) in [6, 6.07) is 4.99. The van der Waals surface area contributed by atoms with Crippen molar-refractivity contribution >= 4 is 17.5 Å². The summed E-state index contributed by atoms with van der Waals surface area (Å²) in [5, 5.41) is 2.90. The van der Waals surface area contributed by atoms with Crippen LogP contribution in [0.4, 0.5) is 5.69 Å². The lowest BCUT2D eigenvalue weighted by Crippen LogP contribution is -2.47. The third-order valence-corrected chi connectivity index (χ3v) is 3.94. The third kappa shape index (κ3) is 2.46. The molecule has 5 N–H and O–H groups in total. The van der Waals surface area contributed by atoms with Gasteiger partial charge in [0.15, 0.2) is 0 Å². The number of primary amides is 1. The van der Waals surface area contributed by atoms with Crippen molar-refractivity contribution in [3.05, 3.63) is 29.3 Å². The fourth-order valence-corrected chi connectivity index (χ4v) is 2.34. The van der Waals surface area contributed by atoms with Gasteiger partial charge in [0.2, 0.25) is 11.8 Å². The van der Waals surface area contributed by atoms with Crippen molar-refractivity contribution in [2.45, 2.75) is 26.2 Å². The molecule has 0 saturated heterocycles. The van der Waals surface area contributed by atoms with E-state index in [-0.39, 0.29) is 5.91 Å². The third-order valence-electron chi connectivity index (χ3n) is 3.94. The van der Waals surface area contributed by atoms with Gasteiger partial charge in [-0.15, -0.1) is 0 Å². The van der Waals surface area contributed by atoms with Crippen LogP contribution < -0.4 is 16.8 Å². The van der Waals surface area contributed by atoms with Crippen molar-refractivity contribution in [2.75, 3.05) is 11.9 Å². The summed E-state index contributed by atoms with van der Waals surface area (Å²) < 4.78 is 0. The number of hydrogen-bond donors (Lipinski definition) is 3. The van der Waals surface area contributed by atoms with Gasteiger partial charge in [-0.05, 0) is 43.5 Å². The minimum Gasteiger partial charge on any atom is -0.366 e. The van der Waals surface area contributed by atoms with Gasteiger partial charge in [-0.1, -0.05) is 6.42 Å². The summed E-state index contributed by atoms with van der Waals surface area (Å²) in [5.74, 6) is -0.505. The van der Waals surface area contributed by atoms with E-state index in [1.54, 1.807) is 18.2 Å². The maximum absolute atomic E-state index is 12.2. The second-order valence-electron chi connectivity index (χ2n) is 5.19. The standard InChI is InChI=1S/C14H19N3O2/c1-9-7-10(12(16)18)3-4-11(9)17-13(19)14(8-15)5-2-6-14/h3-4,7H,2,5-6,8,15H2,1H3,(H2,16,18)(H,17,19). The Morgan fingerprint density at radius 2 is 2.05 bits per heavy atom. The van der Waals surface area contributed by atoms with Gasteiger partial charge in [0.25, 0.3) is 0 Å². The van der Waals surface area contributed by atoms with E-state index >= 15 is 0 Å². The molecule has 1 aliphatic carbocycles. The Labute approximate surface area is 112 Å². The topological polar surface area (TPSA) is 98.2 Å². The van der Waals surface area contributed by atoms with Crippen molar-refractivity contribution in [1.29, 1.82) is 0 Å². The van der Waals surface area contributed by atoms with Crippen molar-refractivity contribution in [2.24, 2.45) is 16.9 Å². The number of nitrogens with two attached hydrogens (primary N) is 2. The lowest BCUT2D eigenvalue weighted by molar-refractivity contribution is -0.129. The number of anilines is 1. The summed E-state index contributed by atoms with van der Waals surface area (Å²) in [5.41, 5.74) is 12.5. The molecule has 2 rings (SSSR count). The van der Waals surface area contributed by atoms with Crippen LogP contribution in [0.15, 0.2) is 18.2 Å². The molecule has 5 heteroatoms. The summed E-state index contributed by atoms with van der Waals surface area (Å²) >= 11 is 0. The van der Waals surface area contributed by atoms with E-state index in [0.29, 0.717) is 17.8 Å². The van der Waals surface area contributed by atoms with Gasteiger partial charge >= 0.3 is 0 Å². The molecule has 1 saturated carbocycles. The fraction of sp³-hybridized carbons (Fsp3) is 0.429. The Bertz CT molecular complexity index is 516. The lowest BCUT2D eigenvalue weighted by Gasteiger charge is -2.39. The minimum atomic E-state index is -0.474. The highest BCUT2D eigenvalue weighted by atomic mass is 16.2. The van der Waals surface area contributed by atoms with E-state index in [1.807, 2.05) is 6.92 Å². The number of benzene rings is 1. The van der Waals surface area contributed by atoms with Gasteiger partial charge in [-0.25, -0.2) is 0 Å². The molecule has 0 bridgehead atoms. The molecule has 0 aromatic heterocycles. The number of hydrogen-bond acceptors (Lipinski definition) is 3. The fourth-order valence-electron chi connectivity index (χ4n) is 2.34. The summed E-state index contributed by atoms with van der Waals surface area (Å²) in [4.78, 5) is 23.3. The lowest BCUT2D eigenvalue weighted by atomic mass is 9.68. The monoisotopic (exact) mass is 261 g/mol. The van der Waals surface area contributed by atoms with Gasteiger partial charge in [0, 0.05) is 17.8 Å². The van der Waals surface area contributed by atoms with Crippen LogP contribution in [0, 0.1) is 12.3 Å². The van der Waals surface area contributed by atoms with Gasteiger partial charge in [-0.2, -0.15) is 0 Å². The normalized spacial score (nSPS) is 16.5. The first-order valence-corrected chi connectivity index (χ1v) is 6.40. The molecule has 2 amide bonds. The maximum Gasteiger partial charge on any atom is 0.248 e. The first kappa shape index (κ1) is 13.5. The van der Waals surface area contributed by atoms with E-state index in [2.05, 4.69) is 5.32 Å². The van der Waals surface area contributed by atoms with Gasteiger partial charge in [0.05, 0.1) is 5.41 Å². The molecule has 1 aromatic rings.